The average Bonchev–Trinajstić information content (AvgIpc) is 2.95. The van der Waals surface area contributed by atoms with Gasteiger partial charge in [0.1, 0.15) is 11.4 Å². The van der Waals surface area contributed by atoms with Gasteiger partial charge in [0, 0.05) is 17.3 Å². The number of hydrogen-bond donors (Lipinski definition) is 2. The monoisotopic (exact) mass is 338 g/mol. The van der Waals surface area contributed by atoms with Gasteiger partial charge in [-0.2, -0.15) is 5.10 Å². The van der Waals surface area contributed by atoms with Gasteiger partial charge in [0.05, 0.1) is 17.9 Å². The van der Waals surface area contributed by atoms with Crippen molar-refractivity contribution in [1.82, 2.24) is 9.78 Å². The maximum absolute atomic E-state index is 12.2. The molecule has 9 nitrogen and oxygen atoms in total. The Labute approximate surface area is 134 Å². The molecule has 1 heterocycles. The fourth-order valence-corrected chi connectivity index (χ4v) is 2.02. The van der Waals surface area contributed by atoms with E-state index in [2.05, 4.69) is 10.4 Å². The van der Waals surface area contributed by atoms with Gasteiger partial charge in [0.25, 0.3) is 11.6 Å². The second-order valence-electron chi connectivity index (χ2n) is 4.46. The summed E-state index contributed by atoms with van der Waals surface area (Å²) in [6.07, 6.45) is 1.14. The van der Waals surface area contributed by atoms with Gasteiger partial charge < -0.3 is 10.4 Å². The van der Waals surface area contributed by atoms with Crippen molar-refractivity contribution in [2.45, 2.75) is 13.0 Å². The molecule has 1 amide bonds. The van der Waals surface area contributed by atoms with Gasteiger partial charge in [-0.1, -0.05) is 11.6 Å². The first-order chi connectivity index (χ1) is 10.9. The van der Waals surface area contributed by atoms with Crippen LogP contribution in [0.1, 0.15) is 16.9 Å². The van der Waals surface area contributed by atoms with Crippen LogP contribution < -0.4 is 5.32 Å². The van der Waals surface area contributed by atoms with Crippen molar-refractivity contribution < 1.29 is 19.6 Å². The van der Waals surface area contributed by atoms with Crippen LogP contribution >= 0.6 is 11.6 Å². The van der Waals surface area contributed by atoms with Crippen molar-refractivity contribution in [1.29, 1.82) is 0 Å². The molecule has 1 aromatic heterocycles. The highest BCUT2D eigenvalue weighted by Gasteiger charge is 2.19. The minimum Gasteiger partial charge on any atom is -0.481 e. The Morgan fingerprint density at radius 1 is 1.39 bits per heavy atom. The number of aryl methyl sites for hydroxylation is 1. The molecule has 0 aliphatic heterocycles. The van der Waals surface area contributed by atoms with Gasteiger partial charge in [-0.25, -0.2) is 0 Å². The number of hydrogen-bond acceptors (Lipinski definition) is 5. The first kappa shape index (κ1) is 16.4. The van der Waals surface area contributed by atoms with E-state index in [4.69, 9.17) is 16.7 Å². The van der Waals surface area contributed by atoms with Gasteiger partial charge in [0.15, 0.2) is 0 Å². The smallest absolute Gasteiger partial charge is 0.305 e. The summed E-state index contributed by atoms with van der Waals surface area (Å²) in [4.78, 5) is 33.2. The molecule has 120 valence electrons. The minimum atomic E-state index is -1.03. The van der Waals surface area contributed by atoms with Crippen LogP contribution in [-0.2, 0) is 11.3 Å². The fourth-order valence-electron chi connectivity index (χ4n) is 1.85. The van der Waals surface area contributed by atoms with Crippen LogP contribution in [0.25, 0.3) is 0 Å². The van der Waals surface area contributed by atoms with Crippen molar-refractivity contribution >= 4 is 34.9 Å². The summed E-state index contributed by atoms with van der Waals surface area (Å²) in [6, 6.07) is 5.24. The summed E-state index contributed by atoms with van der Waals surface area (Å²) in [6.45, 7) is 0.00774. The summed E-state index contributed by atoms with van der Waals surface area (Å²) in [5, 5.41) is 26.1. The zero-order chi connectivity index (χ0) is 17.0. The maximum atomic E-state index is 12.2. The van der Waals surface area contributed by atoms with Crippen LogP contribution in [0.15, 0.2) is 30.5 Å². The van der Waals surface area contributed by atoms with Crippen LogP contribution in [0.5, 0.6) is 0 Å². The SMILES string of the molecule is O=C(O)CCn1nccc1C(=O)Nc1ccc(Cl)cc1[N+](=O)[O-]. The molecule has 0 spiro atoms. The molecule has 0 aliphatic carbocycles. The molecule has 0 saturated carbocycles. The molecular formula is C13H11ClN4O5. The van der Waals surface area contributed by atoms with E-state index in [-0.39, 0.29) is 35.1 Å². The van der Waals surface area contributed by atoms with Crippen LogP contribution in [-0.4, -0.2) is 31.7 Å². The largest absolute Gasteiger partial charge is 0.481 e. The topological polar surface area (TPSA) is 127 Å². The van der Waals surface area contributed by atoms with E-state index in [0.717, 1.165) is 6.07 Å². The lowest BCUT2D eigenvalue weighted by Gasteiger charge is -2.08. The molecule has 0 radical (unpaired) electrons. The Bertz CT molecular complexity index is 773. The minimum absolute atomic E-state index is 0.00774. The number of nitrogens with one attached hydrogen (secondary N) is 1. The van der Waals surface area contributed by atoms with Crippen molar-refractivity contribution in [2.24, 2.45) is 0 Å². The number of carboxylic acid groups (broad SMARTS) is 1. The molecule has 0 saturated heterocycles. The second kappa shape index (κ2) is 6.88. The quantitative estimate of drug-likeness (QED) is 0.613. The number of nitrogens with zero attached hydrogens (tertiary/aromatic N) is 3. The molecule has 0 bridgehead atoms. The molecular weight excluding hydrogens is 328 g/mol. The molecule has 1 aromatic carbocycles. The number of amides is 1. The molecule has 0 fully saturated rings. The van der Waals surface area contributed by atoms with E-state index in [1.165, 1.54) is 29.1 Å². The van der Waals surface area contributed by atoms with Gasteiger partial charge in [0.2, 0.25) is 0 Å². The predicted molar refractivity (Wildman–Crippen MR) is 80.5 cm³/mol. The van der Waals surface area contributed by atoms with Gasteiger partial charge in [-0.15, -0.1) is 0 Å². The first-order valence-corrected chi connectivity index (χ1v) is 6.75. The van der Waals surface area contributed by atoms with Crippen LogP contribution in [0, 0.1) is 10.1 Å². The number of nitro groups is 1. The van der Waals surface area contributed by atoms with Crippen LogP contribution in [0.2, 0.25) is 5.02 Å². The van der Waals surface area contributed by atoms with Crippen molar-refractivity contribution in [3.63, 3.8) is 0 Å². The van der Waals surface area contributed by atoms with Crippen LogP contribution in [0.4, 0.5) is 11.4 Å². The molecule has 0 atom stereocenters. The van der Waals surface area contributed by atoms with Crippen molar-refractivity contribution in [3.8, 4) is 0 Å². The van der Waals surface area contributed by atoms with Gasteiger partial charge >= 0.3 is 5.97 Å². The van der Waals surface area contributed by atoms with Gasteiger partial charge in [-0.3, -0.25) is 24.4 Å². The Morgan fingerprint density at radius 3 is 2.78 bits per heavy atom. The molecule has 0 aliphatic rings. The summed E-state index contributed by atoms with van der Waals surface area (Å²) in [5.41, 5.74) is -0.270. The third kappa shape index (κ3) is 4.04. The molecule has 2 rings (SSSR count). The van der Waals surface area contributed by atoms with E-state index in [9.17, 15) is 19.7 Å². The molecule has 2 aromatic rings. The third-order valence-electron chi connectivity index (χ3n) is 2.89. The maximum Gasteiger partial charge on any atom is 0.305 e. The Kier molecular flexibility index (Phi) is 4.91. The summed E-state index contributed by atoms with van der Waals surface area (Å²) in [7, 11) is 0. The number of rotatable bonds is 6. The Morgan fingerprint density at radius 2 is 2.13 bits per heavy atom. The summed E-state index contributed by atoms with van der Waals surface area (Å²) in [5.74, 6) is -1.67. The van der Waals surface area contributed by atoms with E-state index in [1.807, 2.05) is 0 Å². The average molecular weight is 339 g/mol. The number of anilines is 1. The standard InChI is InChI=1S/C13H11ClN4O5/c14-8-1-2-9(11(7-8)18(22)23)16-13(21)10-3-5-15-17(10)6-4-12(19)20/h1-3,5,7H,4,6H2,(H,16,21)(H,19,20). The zero-order valence-electron chi connectivity index (χ0n) is 11.6. The second-order valence-corrected chi connectivity index (χ2v) is 4.89. The van der Waals surface area contributed by atoms with E-state index in [0.29, 0.717) is 0 Å². The third-order valence-corrected chi connectivity index (χ3v) is 3.13. The lowest BCUT2D eigenvalue weighted by atomic mass is 10.2. The highest BCUT2D eigenvalue weighted by atomic mass is 35.5. The molecule has 23 heavy (non-hydrogen) atoms. The molecule has 0 unspecified atom stereocenters. The number of aliphatic carboxylic acids is 1. The number of carbonyl (C=O) groups excluding carboxylic acids is 1. The molecule has 10 heteroatoms. The Balaban J connectivity index is 2.22. The van der Waals surface area contributed by atoms with Crippen LogP contribution in [0.3, 0.4) is 0 Å². The number of benzene rings is 1. The molecule has 2 N–H and O–H groups in total. The number of nitro benzene ring substituents is 1. The van der Waals surface area contributed by atoms with E-state index >= 15 is 0 Å². The van der Waals surface area contributed by atoms with E-state index in [1.54, 1.807) is 0 Å². The Hall–Kier alpha value is -2.94. The fraction of sp³-hybridized carbons (Fsp3) is 0.154. The summed E-state index contributed by atoms with van der Waals surface area (Å²) < 4.78 is 1.21. The number of carbonyl (C=O) groups is 2. The highest BCUT2D eigenvalue weighted by Crippen LogP contribution is 2.28. The highest BCUT2D eigenvalue weighted by molar-refractivity contribution is 6.31. The van der Waals surface area contributed by atoms with E-state index < -0.39 is 16.8 Å². The lowest BCUT2D eigenvalue weighted by molar-refractivity contribution is -0.383. The number of aromatic nitrogens is 2. The number of carboxylic acids is 1. The van der Waals surface area contributed by atoms with Gasteiger partial charge in [-0.05, 0) is 18.2 Å². The normalized spacial score (nSPS) is 10.3. The van der Waals surface area contributed by atoms with Crippen molar-refractivity contribution in [3.05, 3.63) is 51.3 Å². The predicted octanol–water partition coefficient (Wildman–Crippen LogP) is 2.17. The zero-order valence-corrected chi connectivity index (χ0v) is 12.4. The first-order valence-electron chi connectivity index (χ1n) is 6.37. The number of halogens is 1. The lowest BCUT2D eigenvalue weighted by Crippen LogP contribution is -2.19. The van der Waals surface area contributed by atoms with Crippen molar-refractivity contribution in [2.75, 3.05) is 5.32 Å². The summed E-state index contributed by atoms with van der Waals surface area (Å²) >= 11 is 5.71.